The van der Waals surface area contributed by atoms with E-state index in [1.807, 2.05) is 0 Å². The van der Waals surface area contributed by atoms with Crippen LogP contribution in [0.1, 0.15) is 27.9 Å². The minimum Gasteiger partial charge on any atom is -0.461 e. The van der Waals surface area contributed by atoms with Gasteiger partial charge in [0, 0.05) is 29.8 Å². The quantitative estimate of drug-likeness (QED) is 0.439. The first-order chi connectivity index (χ1) is 13.2. The molecule has 0 fully saturated rings. The lowest BCUT2D eigenvalue weighted by molar-refractivity contribution is -0.384. The third-order valence-corrected chi connectivity index (χ3v) is 3.67. The van der Waals surface area contributed by atoms with Crippen LogP contribution in [-0.2, 0) is 22.3 Å². The maximum Gasteiger partial charge on any atom is 0.416 e. The number of nitrogens with one attached hydrogen (secondary N) is 1. The molecule has 0 radical (unpaired) electrons. The number of nitro benzene ring substituents is 1. The number of esters is 1. The fourth-order valence-electron chi connectivity index (χ4n) is 2.27. The summed E-state index contributed by atoms with van der Waals surface area (Å²) in [5.74, 6) is -1.33. The SMILES string of the molecule is O=C(CCNC(=O)c1ccc([N+](=O)[O-])cc1)OCc1ccccc1C(F)(F)F. The zero-order valence-corrected chi connectivity index (χ0v) is 14.4. The van der Waals surface area contributed by atoms with Crippen LogP contribution in [0.4, 0.5) is 18.9 Å². The molecule has 0 aliphatic carbocycles. The fraction of sp³-hybridized carbons (Fsp3) is 0.222. The number of halogens is 3. The van der Waals surface area contributed by atoms with Crippen LogP contribution >= 0.6 is 0 Å². The number of nitrogens with zero attached hydrogens (tertiary/aromatic N) is 1. The summed E-state index contributed by atoms with van der Waals surface area (Å²) in [7, 11) is 0. The summed E-state index contributed by atoms with van der Waals surface area (Å²) in [4.78, 5) is 33.5. The smallest absolute Gasteiger partial charge is 0.416 e. The van der Waals surface area contributed by atoms with E-state index >= 15 is 0 Å². The van der Waals surface area contributed by atoms with Crippen molar-refractivity contribution in [1.82, 2.24) is 5.32 Å². The molecule has 10 heteroatoms. The highest BCUT2D eigenvalue weighted by Crippen LogP contribution is 2.32. The Bertz CT molecular complexity index is 866. The van der Waals surface area contributed by atoms with Crippen LogP contribution in [0.3, 0.4) is 0 Å². The molecule has 0 bridgehead atoms. The lowest BCUT2D eigenvalue weighted by atomic mass is 10.1. The second kappa shape index (κ2) is 8.98. The zero-order chi connectivity index (χ0) is 20.7. The predicted octanol–water partition coefficient (Wildman–Crippen LogP) is 3.48. The molecule has 0 saturated carbocycles. The van der Waals surface area contributed by atoms with Gasteiger partial charge in [0.1, 0.15) is 6.61 Å². The highest BCUT2D eigenvalue weighted by atomic mass is 19.4. The van der Waals surface area contributed by atoms with E-state index in [0.717, 1.165) is 6.07 Å². The van der Waals surface area contributed by atoms with Gasteiger partial charge in [-0.1, -0.05) is 18.2 Å². The van der Waals surface area contributed by atoms with Crippen molar-refractivity contribution >= 4 is 17.6 Å². The van der Waals surface area contributed by atoms with Gasteiger partial charge in [-0.25, -0.2) is 0 Å². The number of non-ortho nitro benzene ring substituents is 1. The van der Waals surface area contributed by atoms with E-state index in [2.05, 4.69) is 5.32 Å². The van der Waals surface area contributed by atoms with Gasteiger partial charge in [0.25, 0.3) is 11.6 Å². The molecule has 28 heavy (non-hydrogen) atoms. The summed E-state index contributed by atoms with van der Waals surface area (Å²) in [6.07, 6.45) is -4.80. The number of rotatable bonds is 7. The number of carbonyl (C=O) groups is 2. The highest BCUT2D eigenvalue weighted by Gasteiger charge is 2.33. The Kier molecular flexibility index (Phi) is 6.69. The summed E-state index contributed by atoms with van der Waals surface area (Å²) in [5.41, 5.74) is -1.05. The minimum atomic E-state index is -4.55. The Morgan fingerprint density at radius 1 is 1.07 bits per heavy atom. The van der Waals surface area contributed by atoms with Crippen molar-refractivity contribution in [1.29, 1.82) is 0 Å². The molecule has 0 aromatic heterocycles. The van der Waals surface area contributed by atoms with E-state index < -0.39 is 35.1 Å². The number of ether oxygens (including phenoxy) is 1. The first-order valence-corrected chi connectivity index (χ1v) is 8.02. The van der Waals surface area contributed by atoms with Gasteiger partial charge in [-0.15, -0.1) is 0 Å². The lowest BCUT2D eigenvalue weighted by Crippen LogP contribution is -2.26. The topological polar surface area (TPSA) is 98.5 Å². The first kappa shape index (κ1) is 20.9. The third kappa shape index (κ3) is 5.79. The molecule has 0 saturated heterocycles. The molecule has 1 amide bonds. The number of carbonyl (C=O) groups excluding carboxylic acids is 2. The summed E-state index contributed by atoms with van der Waals surface area (Å²) in [6.45, 7) is -0.639. The monoisotopic (exact) mass is 396 g/mol. The maximum atomic E-state index is 12.9. The molecule has 0 atom stereocenters. The third-order valence-electron chi connectivity index (χ3n) is 3.67. The molecule has 0 aliphatic rings. The average Bonchev–Trinajstić information content (AvgIpc) is 2.66. The van der Waals surface area contributed by atoms with Crippen LogP contribution in [0.15, 0.2) is 48.5 Å². The van der Waals surface area contributed by atoms with Crippen molar-refractivity contribution in [2.24, 2.45) is 0 Å². The summed E-state index contributed by atoms with van der Waals surface area (Å²) >= 11 is 0. The van der Waals surface area contributed by atoms with E-state index in [1.165, 1.54) is 42.5 Å². The maximum absolute atomic E-state index is 12.9. The van der Waals surface area contributed by atoms with Crippen molar-refractivity contribution in [3.05, 3.63) is 75.3 Å². The number of amides is 1. The molecule has 0 heterocycles. The number of alkyl halides is 3. The number of benzene rings is 2. The molecular formula is C18H15F3N2O5. The number of nitro groups is 1. The standard InChI is InChI=1S/C18H15F3N2O5/c19-18(20,21)15-4-2-1-3-13(15)11-28-16(24)9-10-22-17(25)12-5-7-14(8-6-12)23(26)27/h1-8H,9-11H2,(H,22,25). The highest BCUT2D eigenvalue weighted by molar-refractivity contribution is 5.94. The van der Waals surface area contributed by atoms with Crippen molar-refractivity contribution < 1.29 is 32.4 Å². The molecule has 2 aromatic rings. The molecule has 2 rings (SSSR count). The van der Waals surface area contributed by atoms with Gasteiger partial charge in [0.05, 0.1) is 16.9 Å². The van der Waals surface area contributed by atoms with Crippen LogP contribution in [-0.4, -0.2) is 23.3 Å². The van der Waals surface area contributed by atoms with E-state index in [1.54, 1.807) is 0 Å². The Morgan fingerprint density at radius 2 is 1.71 bits per heavy atom. The van der Waals surface area contributed by atoms with Crippen LogP contribution in [0.2, 0.25) is 0 Å². The Balaban J connectivity index is 1.80. The first-order valence-electron chi connectivity index (χ1n) is 8.02. The van der Waals surface area contributed by atoms with Crippen molar-refractivity contribution in [3.8, 4) is 0 Å². The van der Waals surface area contributed by atoms with Gasteiger partial charge < -0.3 is 10.1 Å². The Hall–Kier alpha value is -3.43. The van der Waals surface area contributed by atoms with Crippen molar-refractivity contribution in [2.75, 3.05) is 6.54 Å². The van der Waals surface area contributed by atoms with Crippen LogP contribution in [0, 0.1) is 10.1 Å². The molecule has 2 aromatic carbocycles. The van der Waals surface area contributed by atoms with Crippen LogP contribution < -0.4 is 5.32 Å². The molecule has 0 unspecified atom stereocenters. The molecule has 1 N–H and O–H groups in total. The van der Waals surface area contributed by atoms with Crippen molar-refractivity contribution in [2.45, 2.75) is 19.2 Å². The van der Waals surface area contributed by atoms with Gasteiger partial charge in [0.15, 0.2) is 0 Å². The summed E-state index contributed by atoms with van der Waals surface area (Å²) in [5, 5.41) is 13.0. The van der Waals surface area contributed by atoms with E-state index in [-0.39, 0.29) is 29.8 Å². The molecule has 7 nitrogen and oxygen atoms in total. The zero-order valence-electron chi connectivity index (χ0n) is 14.4. The average molecular weight is 396 g/mol. The summed E-state index contributed by atoms with van der Waals surface area (Å²) < 4.78 is 43.4. The summed E-state index contributed by atoms with van der Waals surface area (Å²) in [6, 6.07) is 9.62. The largest absolute Gasteiger partial charge is 0.461 e. The number of hydrogen-bond acceptors (Lipinski definition) is 5. The van der Waals surface area contributed by atoms with Gasteiger partial charge in [-0.2, -0.15) is 13.2 Å². The predicted molar refractivity (Wildman–Crippen MR) is 91.3 cm³/mol. The second-order valence-corrected chi connectivity index (χ2v) is 5.63. The lowest BCUT2D eigenvalue weighted by Gasteiger charge is -2.13. The molecule has 0 spiro atoms. The molecular weight excluding hydrogens is 381 g/mol. The van der Waals surface area contributed by atoms with Gasteiger partial charge in [-0.3, -0.25) is 19.7 Å². The van der Waals surface area contributed by atoms with E-state index in [0.29, 0.717) is 0 Å². The van der Waals surface area contributed by atoms with E-state index in [4.69, 9.17) is 4.74 Å². The number of hydrogen-bond donors (Lipinski definition) is 1. The minimum absolute atomic E-state index is 0.102. The van der Waals surface area contributed by atoms with Crippen molar-refractivity contribution in [3.63, 3.8) is 0 Å². The normalized spacial score (nSPS) is 11.0. The van der Waals surface area contributed by atoms with Gasteiger partial charge in [0.2, 0.25) is 0 Å². The van der Waals surface area contributed by atoms with E-state index in [9.17, 15) is 32.9 Å². The van der Waals surface area contributed by atoms with Gasteiger partial charge >= 0.3 is 12.1 Å². The Morgan fingerprint density at radius 3 is 2.32 bits per heavy atom. The fourth-order valence-corrected chi connectivity index (χ4v) is 2.27. The van der Waals surface area contributed by atoms with Crippen LogP contribution in [0.25, 0.3) is 0 Å². The van der Waals surface area contributed by atoms with Crippen LogP contribution in [0.5, 0.6) is 0 Å². The molecule has 0 aliphatic heterocycles. The second-order valence-electron chi connectivity index (χ2n) is 5.63. The van der Waals surface area contributed by atoms with Gasteiger partial charge in [-0.05, 0) is 18.2 Å². The Labute approximate surface area is 157 Å². The molecule has 148 valence electrons.